The lowest BCUT2D eigenvalue weighted by Gasteiger charge is -2.36. The number of aromatic hydroxyl groups is 2. The molecule has 34 heavy (non-hydrogen) atoms. The lowest BCUT2D eigenvalue weighted by atomic mass is 9.97. The maximum absolute atomic E-state index is 12.4. The number of nitrogens with one attached hydrogen (secondary N) is 1. The van der Waals surface area contributed by atoms with Crippen molar-refractivity contribution in [3.8, 4) is 17.2 Å². The first-order chi connectivity index (χ1) is 16.1. The number of hydrogen-bond donors (Lipinski definition) is 4. The van der Waals surface area contributed by atoms with E-state index in [0.29, 0.717) is 0 Å². The molecule has 0 unspecified atom stereocenters. The standard InChI is InChI=1S/C22H19N3O8S/c1-22(18(20(30)31)25-16(28)9-17(25)34-22)10-23-24-19(29)11-2-5-13(6-3-11)33-21(32)12-4-7-14(26)15(27)8-12/h2-8,10,17-18,26-27H,9H2,1H3,(H,24,29)(H,30,31)/b23-10+/t17-,18+,22+/m1/s1. The second-order valence-corrected chi connectivity index (χ2v) is 9.48. The van der Waals surface area contributed by atoms with Gasteiger partial charge >= 0.3 is 11.9 Å². The zero-order valence-electron chi connectivity index (χ0n) is 17.7. The van der Waals surface area contributed by atoms with Gasteiger partial charge in [0.25, 0.3) is 5.91 Å². The first kappa shape index (κ1) is 23.1. The molecule has 2 aromatic rings. The summed E-state index contributed by atoms with van der Waals surface area (Å²) in [5.41, 5.74) is 2.56. The fraction of sp³-hybridized carbons (Fsp3) is 0.227. The third-order valence-corrected chi connectivity index (χ3v) is 6.92. The number of hydrazone groups is 1. The van der Waals surface area contributed by atoms with Gasteiger partial charge in [-0.1, -0.05) is 0 Å². The van der Waals surface area contributed by atoms with E-state index in [2.05, 4.69) is 10.5 Å². The van der Waals surface area contributed by atoms with Gasteiger partial charge in [-0.25, -0.2) is 15.0 Å². The first-order valence-corrected chi connectivity index (χ1v) is 10.9. The molecule has 4 rings (SSSR count). The highest BCUT2D eigenvalue weighted by atomic mass is 32.2. The number of nitrogens with zero attached hydrogens (tertiary/aromatic N) is 2. The van der Waals surface area contributed by atoms with Crippen LogP contribution >= 0.6 is 11.8 Å². The molecule has 0 saturated carbocycles. The number of phenolic OH excluding ortho intramolecular Hbond substituents is 2. The number of esters is 1. The predicted octanol–water partition coefficient (Wildman–Crippen LogP) is 1.55. The van der Waals surface area contributed by atoms with Crippen LogP contribution in [0, 0.1) is 0 Å². The Kier molecular flexibility index (Phi) is 5.92. The number of phenols is 2. The minimum absolute atomic E-state index is 0.0239. The zero-order chi connectivity index (χ0) is 24.6. The Hall–Kier alpha value is -4.06. The van der Waals surface area contributed by atoms with Crippen molar-refractivity contribution in [3.63, 3.8) is 0 Å². The number of carbonyl (C=O) groups excluding carboxylic acids is 3. The molecule has 2 aliphatic rings. The summed E-state index contributed by atoms with van der Waals surface area (Å²) in [5, 5.41) is 32.0. The highest BCUT2D eigenvalue weighted by Gasteiger charge is 2.60. The van der Waals surface area contributed by atoms with Crippen molar-refractivity contribution < 1.29 is 39.2 Å². The molecular weight excluding hydrogens is 466 g/mol. The van der Waals surface area contributed by atoms with Gasteiger partial charge in [0.15, 0.2) is 11.5 Å². The lowest BCUT2D eigenvalue weighted by molar-refractivity contribution is -0.156. The molecule has 0 aromatic heterocycles. The quantitative estimate of drug-likeness (QED) is 0.119. The predicted molar refractivity (Wildman–Crippen MR) is 120 cm³/mol. The average molecular weight is 485 g/mol. The largest absolute Gasteiger partial charge is 0.504 e. The molecule has 176 valence electrons. The van der Waals surface area contributed by atoms with Crippen LogP contribution in [-0.4, -0.2) is 66.3 Å². The van der Waals surface area contributed by atoms with E-state index in [9.17, 15) is 34.5 Å². The summed E-state index contributed by atoms with van der Waals surface area (Å²) in [5.74, 6) is -3.40. The van der Waals surface area contributed by atoms with Crippen molar-refractivity contribution in [1.82, 2.24) is 10.3 Å². The molecule has 3 atom stereocenters. The van der Waals surface area contributed by atoms with Gasteiger partial charge in [0.2, 0.25) is 5.91 Å². The van der Waals surface area contributed by atoms with E-state index in [1.165, 1.54) is 53.2 Å². The fourth-order valence-corrected chi connectivity index (χ4v) is 5.31. The van der Waals surface area contributed by atoms with Crippen LogP contribution in [0.2, 0.25) is 0 Å². The molecule has 0 radical (unpaired) electrons. The maximum Gasteiger partial charge on any atom is 0.343 e. The first-order valence-electron chi connectivity index (χ1n) is 9.99. The number of benzene rings is 2. The number of carbonyl (C=O) groups is 4. The number of carboxylic acids is 1. The molecule has 0 spiro atoms. The Morgan fingerprint density at radius 1 is 1.15 bits per heavy atom. The van der Waals surface area contributed by atoms with Crippen molar-refractivity contribution >= 4 is 41.7 Å². The highest BCUT2D eigenvalue weighted by molar-refractivity contribution is 8.02. The van der Waals surface area contributed by atoms with E-state index in [1.54, 1.807) is 6.92 Å². The third-order valence-electron chi connectivity index (χ3n) is 5.42. The number of carboxylic acid groups (broad SMARTS) is 1. The molecule has 2 heterocycles. The van der Waals surface area contributed by atoms with Crippen LogP contribution in [-0.2, 0) is 9.59 Å². The summed E-state index contributed by atoms with van der Waals surface area (Å²) in [6.07, 6.45) is 1.60. The van der Waals surface area contributed by atoms with E-state index in [-0.39, 0.29) is 40.3 Å². The third kappa shape index (κ3) is 4.27. The van der Waals surface area contributed by atoms with Crippen LogP contribution < -0.4 is 10.2 Å². The van der Waals surface area contributed by atoms with Gasteiger partial charge < -0.3 is 25.0 Å². The molecule has 0 bridgehead atoms. The molecule has 12 heteroatoms. The minimum Gasteiger partial charge on any atom is -0.504 e. The van der Waals surface area contributed by atoms with Gasteiger partial charge in [0, 0.05) is 11.8 Å². The van der Waals surface area contributed by atoms with Gasteiger partial charge in [-0.2, -0.15) is 5.10 Å². The van der Waals surface area contributed by atoms with Gasteiger partial charge in [-0.3, -0.25) is 9.59 Å². The van der Waals surface area contributed by atoms with Crippen LogP contribution in [0.15, 0.2) is 47.6 Å². The number of aliphatic carboxylic acids is 1. The second-order valence-electron chi connectivity index (χ2n) is 7.82. The SMILES string of the molecule is C[C@@]1(/C=N/NC(=O)c2ccc(OC(=O)c3ccc(O)c(O)c3)cc2)S[C@@H]2CC(=O)N2[C@H]1C(=O)O. The minimum atomic E-state index is -1.14. The summed E-state index contributed by atoms with van der Waals surface area (Å²) >= 11 is 1.30. The molecular formula is C22H19N3O8S. The number of rotatable bonds is 6. The number of fused-ring (bicyclic) bond motifs is 1. The summed E-state index contributed by atoms with van der Waals surface area (Å²) < 4.78 is 4.17. The van der Waals surface area contributed by atoms with Gasteiger partial charge in [-0.05, 0) is 49.4 Å². The van der Waals surface area contributed by atoms with E-state index in [1.807, 2.05) is 0 Å². The second kappa shape index (κ2) is 8.71. The van der Waals surface area contributed by atoms with Crippen molar-refractivity contribution in [2.45, 2.75) is 29.5 Å². The van der Waals surface area contributed by atoms with E-state index in [0.717, 1.165) is 12.1 Å². The van der Waals surface area contributed by atoms with Crippen molar-refractivity contribution in [1.29, 1.82) is 0 Å². The number of β-lactam (4-membered cyclic amide) rings is 1. The van der Waals surface area contributed by atoms with Crippen LogP contribution in [0.25, 0.3) is 0 Å². The van der Waals surface area contributed by atoms with E-state index in [4.69, 9.17) is 4.74 Å². The molecule has 2 saturated heterocycles. The lowest BCUT2D eigenvalue weighted by Crippen LogP contribution is -2.57. The van der Waals surface area contributed by atoms with Crippen LogP contribution in [0.5, 0.6) is 17.2 Å². The van der Waals surface area contributed by atoms with Crippen molar-refractivity contribution in [2.24, 2.45) is 5.10 Å². The number of thioether (sulfide) groups is 1. The highest BCUT2D eigenvalue weighted by Crippen LogP contribution is 2.50. The Labute approximate surface area is 197 Å². The normalized spacial score (nSPS) is 23.3. The number of ether oxygens (including phenoxy) is 1. The average Bonchev–Trinajstić information content (AvgIpc) is 3.03. The topological polar surface area (TPSA) is 166 Å². The van der Waals surface area contributed by atoms with E-state index < -0.39 is 34.4 Å². The Bertz CT molecular complexity index is 1220. The number of hydrogen-bond acceptors (Lipinski definition) is 9. The van der Waals surface area contributed by atoms with E-state index >= 15 is 0 Å². The fourth-order valence-electron chi connectivity index (χ4n) is 3.68. The summed E-state index contributed by atoms with van der Waals surface area (Å²) in [7, 11) is 0. The van der Waals surface area contributed by atoms with Gasteiger partial charge in [0.1, 0.15) is 11.8 Å². The number of amides is 2. The van der Waals surface area contributed by atoms with Gasteiger partial charge in [0.05, 0.1) is 22.1 Å². The summed E-state index contributed by atoms with van der Waals surface area (Å²) in [4.78, 5) is 49.3. The molecule has 2 amide bonds. The zero-order valence-corrected chi connectivity index (χ0v) is 18.5. The van der Waals surface area contributed by atoms with Crippen LogP contribution in [0.1, 0.15) is 34.1 Å². The van der Waals surface area contributed by atoms with Crippen molar-refractivity contribution in [3.05, 3.63) is 53.6 Å². The maximum atomic E-state index is 12.4. The smallest absolute Gasteiger partial charge is 0.343 e. The Balaban J connectivity index is 1.37. The summed E-state index contributed by atoms with van der Waals surface area (Å²) in [6, 6.07) is 8.01. The molecule has 2 aromatic carbocycles. The Morgan fingerprint density at radius 2 is 1.82 bits per heavy atom. The van der Waals surface area contributed by atoms with Crippen molar-refractivity contribution in [2.75, 3.05) is 0 Å². The van der Waals surface area contributed by atoms with Crippen LogP contribution in [0.3, 0.4) is 0 Å². The molecule has 0 aliphatic carbocycles. The summed E-state index contributed by atoms with van der Waals surface area (Å²) in [6.45, 7) is 1.65. The molecule has 2 aliphatic heterocycles. The van der Waals surface area contributed by atoms with Gasteiger partial charge in [-0.15, -0.1) is 11.8 Å². The molecule has 4 N–H and O–H groups in total. The van der Waals surface area contributed by atoms with Crippen LogP contribution in [0.4, 0.5) is 0 Å². The Morgan fingerprint density at radius 3 is 2.44 bits per heavy atom. The molecule has 2 fully saturated rings. The molecule has 11 nitrogen and oxygen atoms in total. The monoisotopic (exact) mass is 485 g/mol.